The molecule has 2 heterocycles. The Hall–Kier alpha value is -1.20. The number of aromatic nitrogens is 3. The quantitative estimate of drug-likeness (QED) is 0.836. The van der Waals surface area contributed by atoms with E-state index in [-0.39, 0.29) is 6.04 Å². The van der Waals surface area contributed by atoms with Crippen LogP contribution in [0.4, 0.5) is 0 Å². The molecular weight excluding hydrogens is 244 g/mol. The van der Waals surface area contributed by atoms with Crippen LogP contribution in [0.1, 0.15) is 37.8 Å². The molecule has 0 aliphatic rings. The Kier molecular flexibility index (Phi) is 4.90. The van der Waals surface area contributed by atoms with Crippen molar-refractivity contribution in [2.24, 2.45) is 0 Å². The second-order valence-electron chi connectivity index (χ2n) is 4.26. The van der Waals surface area contributed by atoms with Crippen molar-refractivity contribution < 1.29 is 0 Å². The maximum Gasteiger partial charge on any atom is 0.110 e. The van der Waals surface area contributed by atoms with Gasteiger partial charge in [-0.25, -0.2) is 9.97 Å². The molecule has 0 amide bonds. The highest BCUT2D eigenvalue weighted by molar-refractivity contribution is 7.07. The summed E-state index contributed by atoms with van der Waals surface area (Å²) in [5.74, 6) is 1.14. The van der Waals surface area contributed by atoms with E-state index in [0.717, 1.165) is 37.4 Å². The van der Waals surface area contributed by atoms with Crippen molar-refractivity contribution in [1.29, 1.82) is 0 Å². The highest BCUT2D eigenvalue weighted by Gasteiger charge is 2.15. The third-order valence-corrected chi connectivity index (χ3v) is 3.52. The fraction of sp³-hybridized carbons (Fsp3) is 0.538. The summed E-state index contributed by atoms with van der Waals surface area (Å²) in [4.78, 5) is 8.88. The SMILES string of the molecule is CCCn1ccnc1CC(NCC)c1cscn1. The van der Waals surface area contributed by atoms with Gasteiger partial charge in [0.1, 0.15) is 5.82 Å². The molecule has 4 nitrogen and oxygen atoms in total. The number of hydrogen-bond acceptors (Lipinski definition) is 4. The molecule has 0 saturated carbocycles. The van der Waals surface area contributed by atoms with E-state index in [4.69, 9.17) is 0 Å². The number of imidazole rings is 1. The van der Waals surface area contributed by atoms with E-state index >= 15 is 0 Å². The van der Waals surface area contributed by atoms with E-state index in [2.05, 4.69) is 45.3 Å². The summed E-state index contributed by atoms with van der Waals surface area (Å²) in [5, 5.41) is 5.59. The van der Waals surface area contributed by atoms with Crippen molar-refractivity contribution in [3.05, 3.63) is 34.8 Å². The number of thiazole rings is 1. The lowest BCUT2D eigenvalue weighted by molar-refractivity contribution is 0.508. The van der Waals surface area contributed by atoms with Crippen LogP contribution in [0.25, 0.3) is 0 Å². The van der Waals surface area contributed by atoms with Crippen LogP contribution in [0.15, 0.2) is 23.3 Å². The highest BCUT2D eigenvalue weighted by Crippen LogP contribution is 2.17. The van der Waals surface area contributed by atoms with Crippen LogP contribution in [-0.2, 0) is 13.0 Å². The van der Waals surface area contributed by atoms with Gasteiger partial charge in [-0.1, -0.05) is 13.8 Å². The zero-order chi connectivity index (χ0) is 12.8. The molecule has 2 aromatic heterocycles. The number of likely N-dealkylation sites (N-methyl/N-ethyl adjacent to an activating group) is 1. The van der Waals surface area contributed by atoms with Gasteiger partial charge >= 0.3 is 0 Å². The van der Waals surface area contributed by atoms with Crippen LogP contribution in [0.2, 0.25) is 0 Å². The number of aryl methyl sites for hydroxylation is 1. The van der Waals surface area contributed by atoms with Crippen LogP contribution in [0.5, 0.6) is 0 Å². The summed E-state index contributed by atoms with van der Waals surface area (Å²) in [7, 11) is 0. The van der Waals surface area contributed by atoms with Crippen molar-refractivity contribution in [2.45, 2.75) is 39.3 Å². The standard InChI is InChI=1S/C13H20N4S/c1-3-6-17-7-5-15-13(17)8-11(14-4-2)12-9-18-10-16-12/h5,7,9-11,14H,3-4,6,8H2,1-2H3. The zero-order valence-electron chi connectivity index (χ0n) is 11.0. The van der Waals surface area contributed by atoms with E-state index in [9.17, 15) is 0 Å². The summed E-state index contributed by atoms with van der Waals surface area (Å²) in [5.41, 5.74) is 3.01. The van der Waals surface area contributed by atoms with Gasteiger partial charge in [0.25, 0.3) is 0 Å². The maximum absolute atomic E-state index is 4.47. The molecule has 98 valence electrons. The molecule has 0 saturated heterocycles. The van der Waals surface area contributed by atoms with Gasteiger partial charge in [0.15, 0.2) is 0 Å². The fourth-order valence-corrected chi connectivity index (χ4v) is 2.69. The van der Waals surface area contributed by atoms with Crippen LogP contribution >= 0.6 is 11.3 Å². The molecule has 2 aromatic rings. The lowest BCUT2D eigenvalue weighted by Crippen LogP contribution is -2.24. The molecule has 0 bridgehead atoms. The Morgan fingerprint density at radius 3 is 2.94 bits per heavy atom. The van der Waals surface area contributed by atoms with Gasteiger partial charge < -0.3 is 9.88 Å². The Labute approximate surface area is 112 Å². The van der Waals surface area contributed by atoms with Crippen LogP contribution in [0.3, 0.4) is 0 Å². The molecular formula is C13H20N4S. The molecule has 0 aliphatic heterocycles. The predicted octanol–water partition coefficient (Wildman–Crippen LogP) is 2.64. The first-order chi connectivity index (χ1) is 8.85. The molecule has 0 fully saturated rings. The first kappa shape index (κ1) is 13.2. The molecule has 1 N–H and O–H groups in total. The number of nitrogens with one attached hydrogen (secondary N) is 1. The number of hydrogen-bond donors (Lipinski definition) is 1. The van der Waals surface area contributed by atoms with Crippen molar-refractivity contribution >= 4 is 11.3 Å². The summed E-state index contributed by atoms with van der Waals surface area (Å²) >= 11 is 1.64. The van der Waals surface area contributed by atoms with Crippen molar-refractivity contribution in [3.63, 3.8) is 0 Å². The van der Waals surface area contributed by atoms with E-state index in [1.807, 2.05) is 11.7 Å². The zero-order valence-corrected chi connectivity index (χ0v) is 11.8. The number of nitrogens with zero attached hydrogens (tertiary/aromatic N) is 3. The van der Waals surface area contributed by atoms with Gasteiger partial charge in [0.05, 0.1) is 17.2 Å². The molecule has 2 rings (SSSR count). The molecule has 5 heteroatoms. The van der Waals surface area contributed by atoms with E-state index < -0.39 is 0 Å². The van der Waals surface area contributed by atoms with Gasteiger partial charge in [-0.2, -0.15) is 0 Å². The molecule has 18 heavy (non-hydrogen) atoms. The van der Waals surface area contributed by atoms with Gasteiger partial charge in [-0.3, -0.25) is 0 Å². The summed E-state index contributed by atoms with van der Waals surface area (Å²) in [6, 6.07) is 0.263. The average Bonchev–Trinajstić information content (AvgIpc) is 3.01. The first-order valence-electron chi connectivity index (χ1n) is 6.46. The molecule has 0 aromatic carbocycles. The Balaban J connectivity index is 2.11. The topological polar surface area (TPSA) is 42.7 Å². The summed E-state index contributed by atoms with van der Waals surface area (Å²) < 4.78 is 2.23. The van der Waals surface area contributed by atoms with E-state index in [1.165, 1.54) is 0 Å². The second-order valence-corrected chi connectivity index (χ2v) is 4.98. The minimum absolute atomic E-state index is 0.263. The van der Waals surface area contributed by atoms with Crippen molar-refractivity contribution in [1.82, 2.24) is 19.9 Å². The van der Waals surface area contributed by atoms with E-state index in [1.54, 1.807) is 11.3 Å². The van der Waals surface area contributed by atoms with Crippen molar-refractivity contribution in [2.75, 3.05) is 6.54 Å². The summed E-state index contributed by atoms with van der Waals surface area (Å²) in [6.45, 7) is 6.28. The van der Waals surface area contributed by atoms with E-state index in [0.29, 0.717) is 0 Å². The lowest BCUT2D eigenvalue weighted by Gasteiger charge is -2.16. The second kappa shape index (κ2) is 6.66. The minimum atomic E-state index is 0.263. The third-order valence-electron chi connectivity index (χ3n) is 2.91. The molecule has 0 radical (unpaired) electrons. The largest absolute Gasteiger partial charge is 0.335 e. The van der Waals surface area contributed by atoms with Crippen LogP contribution < -0.4 is 5.32 Å². The third kappa shape index (κ3) is 3.17. The van der Waals surface area contributed by atoms with Crippen LogP contribution in [0, 0.1) is 0 Å². The first-order valence-corrected chi connectivity index (χ1v) is 7.40. The Morgan fingerprint density at radius 2 is 2.28 bits per heavy atom. The van der Waals surface area contributed by atoms with Crippen molar-refractivity contribution in [3.8, 4) is 0 Å². The molecule has 1 unspecified atom stereocenters. The lowest BCUT2D eigenvalue weighted by atomic mass is 10.1. The summed E-state index contributed by atoms with van der Waals surface area (Å²) in [6.07, 6.45) is 5.97. The minimum Gasteiger partial charge on any atom is -0.335 e. The van der Waals surface area contributed by atoms with Gasteiger partial charge in [-0.05, 0) is 13.0 Å². The fourth-order valence-electron chi connectivity index (χ4n) is 2.08. The molecule has 1 atom stereocenters. The average molecular weight is 264 g/mol. The van der Waals surface area contributed by atoms with Gasteiger partial charge in [0, 0.05) is 30.7 Å². The van der Waals surface area contributed by atoms with Crippen LogP contribution in [-0.4, -0.2) is 21.1 Å². The Morgan fingerprint density at radius 1 is 1.39 bits per heavy atom. The van der Waals surface area contributed by atoms with Gasteiger partial charge in [0.2, 0.25) is 0 Å². The molecule has 0 spiro atoms. The Bertz CT molecular complexity index is 449. The normalized spacial score (nSPS) is 12.8. The molecule has 0 aliphatic carbocycles. The van der Waals surface area contributed by atoms with Gasteiger partial charge in [-0.15, -0.1) is 11.3 Å². The number of rotatable bonds is 7. The predicted molar refractivity (Wildman–Crippen MR) is 74.8 cm³/mol. The highest BCUT2D eigenvalue weighted by atomic mass is 32.1. The monoisotopic (exact) mass is 264 g/mol. The smallest absolute Gasteiger partial charge is 0.110 e. The maximum atomic E-state index is 4.47.